The van der Waals surface area contributed by atoms with Crippen molar-refractivity contribution >= 4 is 16.5 Å². The minimum Gasteiger partial charge on any atom is -0.383 e. The Kier molecular flexibility index (Phi) is 4.50. The van der Waals surface area contributed by atoms with Crippen molar-refractivity contribution in [1.82, 2.24) is 4.98 Å². The zero-order chi connectivity index (χ0) is 13.7. The van der Waals surface area contributed by atoms with E-state index in [1.54, 1.807) is 30.6 Å². The third-order valence-electron chi connectivity index (χ3n) is 2.60. The number of nitrogens with one attached hydrogen (secondary N) is 1. The predicted molar refractivity (Wildman–Crippen MR) is 77.2 cm³/mol. The van der Waals surface area contributed by atoms with Gasteiger partial charge in [-0.3, -0.25) is 0 Å². The van der Waals surface area contributed by atoms with Crippen LogP contribution >= 0.6 is 11.3 Å². The first-order valence-electron chi connectivity index (χ1n) is 5.94. The monoisotopic (exact) mass is 273 g/mol. The number of nitriles is 1. The van der Waals surface area contributed by atoms with Gasteiger partial charge < -0.3 is 10.1 Å². The van der Waals surface area contributed by atoms with E-state index >= 15 is 0 Å². The summed E-state index contributed by atoms with van der Waals surface area (Å²) in [6, 6.07) is 9.76. The van der Waals surface area contributed by atoms with Gasteiger partial charge >= 0.3 is 0 Å². The van der Waals surface area contributed by atoms with Crippen molar-refractivity contribution in [2.24, 2.45) is 0 Å². The van der Waals surface area contributed by atoms with Crippen LogP contribution in [0, 0.1) is 11.3 Å². The summed E-state index contributed by atoms with van der Waals surface area (Å²) in [5, 5.41) is 14.9. The highest BCUT2D eigenvalue weighted by molar-refractivity contribution is 7.14. The number of anilines is 1. The van der Waals surface area contributed by atoms with Crippen molar-refractivity contribution < 1.29 is 4.74 Å². The molecule has 0 spiro atoms. The van der Waals surface area contributed by atoms with Gasteiger partial charge in [-0.05, 0) is 19.1 Å². The molecule has 0 fully saturated rings. The van der Waals surface area contributed by atoms with E-state index in [0.29, 0.717) is 12.2 Å². The molecule has 0 aliphatic carbocycles. The molecular weight excluding hydrogens is 258 g/mol. The van der Waals surface area contributed by atoms with Crippen LogP contribution in [0.1, 0.15) is 12.5 Å². The van der Waals surface area contributed by atoms with Gasteiger partial charge in [0.1, 0.15) is 0 Å². The van der Waals surface area contributed by atoms with Crippen LogP contribution in [0.4, 0.5) is 5.13 Å². The highest BCUT2D eigenvalue weighted by Crippen LogP contribution is 2.25. The minimum absolute atomic E-state index is 0.227. The summed E-state index contributed by atoms with van der Waals surface area (Å²) in [7, 11) is 1.68. The van der Waals surface area contributed by atoms with E-state index < -0.39 is 0 Å². The lowest BCUT2D eigenvalue weighted by Crippen LogP contribution is -2.20. The van der Waals surface area contributed by atoms with E-state index in [1.807, 2.05) is 24.4 Å². The number of methoxy groups -OCH3 is 1. The zero-order valence-electron chi connectivity index (χ0n) is 10.9. The second-order valence-corrected chi connectivity index (χ2v) is 5.09. The number of hydrogen-bond donors (Lipinski definition) is 1. The van der Waals surface area contributed by atoms with Crippen LogP contribution in [0.2, 0.25) is 0 Å². The molecule has 4 nitrogen and oxygen atoms in total. The summed E-state index contributed by atoms with van der Waals surface area (Å²) in [6.45, 7) is 2.69. The minimum atomic E-state index is 0.227. The van der Waals surface area contributed by atoms with E-state index in [9.17, 15) is 0 Å². The maximum absolute atomic E-state index is 8.77. The molecule has 0 aliphatic rings. The van der Waals surface area contributed by atoms with Crippen LogP contribution in [0.3, 0.4) is 0 Å². The third kappa shape index (κ3) is 3.53. The van der Waals surface area contributed by atoms with Gasteiger partial charge in [-0.15, -0.1) is 11.3 Å². The van der Waals surface area contributed by atoms with Gasteiger partial charge in [0, 0.05) is 24.1 Å². The molecule has 1 atom stereocenters. The van der Waals surface area contributed by atoms with Gasteiger partial charge in [-0.1, -0.05) is 12.1 Å². The van der Waals surface area contributed by atoms with Crippen molar-refractivity contribution in [2.75, 3.05) is 19.0 Å². The van der Waals surface area contributed by atoms with Gasteiger partial charge in [0.05, 0.1) is 23.9 Å². The molecule has 0 radical (unpaired) electrons. The van der Waals surface area contributed by atoms with Crippen LogP contribution in [0.5, 0.6) is 0 Å². The van der Waals surface area contributed by atoms with Crippen molar-refractivity contribution in [3.63, 3.8) is 0 Å². The number of hydrogen-bond acceptors (Lipinski definition) is 5. The Hall–Kier alpha value is -1.90. The quantitative estimate of drug-likeness (QED) is 0.909. The summed E-state index contributed by atoms with van der Waals surface area (Å²) in [6.07, 6.45) is 0. The summed E-state index contributed by atoms with van der Waals surface area (Å²) in [4.78, 5) is 4.53. The first-order chi connectivity index (χ1) is 9.22. The number of ether oxygens (including phenoxy) is 1. The molecule has 2 rings (SSSR count). The highest BCUT2D eigenvalue weighted by atomic mass is 32.1. The van der Waals surface area contributed by atoms with Gasteiger partial charge in [-0.2, -0.15) is 5.26 Å². The van der Waals surface area contributed by atoms with Gasteiger partial charge in [-0.25, -0.2) is 4.98 Å². The number of aromatic nitrogens is 1. The predicted octanol–water partition coefficient (Wildman–Crippen LogP) is 3.13. The first kappa shape index (κ1) is 13.5. The molecule has 1 aromatic heterocycles. The van der Waals surface area contributed by atoms with Gasteiger partial charge in [0.15, 0.2) is 5.13 Å². The lowest BCUT2D eigenvalue weighted by molar-refractivity contribution is 0.190. The van der Waals surface area contributed by atoms with Crippen LogP contribution in [-0.4, -0.2) is 24.7 Å². The van der Waals surface area contributed by atoms with E-state index in [0.717, 1.165) is 16.4 Å². The molecule has 0 aliphatic heterocycles. The first-order valence-corrected chi connectivity index (χ1v) is 6.82. The molecule has 98 valence electrons. The normalized spacial score (nSPS) is 11.8. The fourth-order valence-corrected chi connectivity index (χ4v) is 2.52. The summed E-state index contributed by atoms with van der Waals surface area (Å²) >= 11 is 1.57. The molecule has 0 saturated heterocycles. The van der Waals surface area contributed by atoms with E-state index in [1.165, 1.54) is 0 Å². The molecular formula is C14H15N3OS. The van der Waals surface area contributed by atoms with E-state index in [2.05, 4.69) is 16.4 Å². The van der Waals surface area contributed by atoms with Gasteiger partial charge in [0.2, 0.25) is 0 Å². The van der Waals surface area contributed by atoms with E-state index in [-0.39, 0.29) is 6.04 Å². The molecule has 0 saturated carbocycles. The molecule has 5 heteroatoms. The van der Waals surface area contributed by atoms with Crippen molar-refractivity contribution in [2.45, 2.75) is 13.0 Å². The number of thiazole rings is 1. The number of rotatable bonds is 5. The summed E-state index contributed by atoms with van der Waals surface area (Å²) in [5.74, 6) is 0. The number of benzene rings is 1. The molecule has 2 aromatic rings. The third-order valence-corrected chi connectivity index (χ3v) is 3.37. The zero-order valence-corrected chi connectivity index (χ0v) is 11.7. The summed E-state index contributed by atoms with van der Waals surface area (Å²) in [5.41, 5.74) is 2.59. The Bertz CT molecular complexity index is 571. The largest absolute Gasteiger partial charge is 0.383 e. The SMILES string of the molecule is COCC(C)Nc1nc(-c2ccc(C#N)cc2)cs1. The Morgan fingerprint density at radius 3 is 2.79 bits per heavy atom. The molecule has 1 N–H and O–H groups in total. The Morgan fingerprint density at radius 1 is 1.42 bits per heavy atom. The highest BCUT2D eigenvalue weighted by Gasteiger charge is 2.07. The smallest absolute Gasteiger partial charge is 0.183 e. The van der Waals surface area contributed by atoms with E-state index in [4.69, 9.17) is 10.00 Å². The van der Waals surface area contributed by atoms with Crippen LogP contribution in [0.15, 0.2) is 29.6 Å². The second-order valence-electron chi connectivity index (χ2n) is 4.23. The average Bonchev–Trinajstić information content (AvgIpc) is 2.87. The van der Waals surface area contributed by atoms with Crippen molar-refractivity contribution in [3.8, 4) is 17.3 Å². The van der Waals surface area contributed by atoms with Crippen molar-refractivity contribution in [3.05, 3.63) is 35.2 Å². The molecule has 1 heterocycles. The standard InChI is InChI=1S/C14H15N3OS/c1-10(8-18-2)16-14-17-13(9-19-14)12-5-3-11(7-15)4-6-12/h3-6,9-10H,8H2,1-2H3,(H,16,17). The topological polar surface area (TPSA) is 57.9 Å². The van der Waals surface area contributed by atoms with Crippen LogP contribution in [-0.2, 0) is 4.74 Å². The molecule has 0 bridgehead atoms. The fraction of sp³-hybridized carbons (Fsp3) is 0.286. The van der Waals surface area contributed by atoms with Gasteiger partial charge in [0.25, 0.3) is 0 Å². The lowest BCUT2D eigenvalue weighted by atomic mass is 10.1. The molecule has 1 aromatic carbocycles. The van der Waals surface area contributed by atoms with Crippen molar-refractivity contribution in [1.29, 1.82) is 5.26 Å². The maximum Gasteiger partial charge on any atom is 0.183 e. The Balaban J connectivity index is 2.09. The van der Waals surface area contributed by atoms with Crippen LogP contribution < -0.4 is 5.32 Å². The molecule has 0 amide bonds. The molecule has 1 unspecified atom stereocenters. The fourth-order valence-electron chi connectivity index (χ4n) is 1.69. The summed E-state index contributed by atoms with van der Waals surface area (Å²) < 4.78 is 5.08. The Labute approximate surface area is 116 Å². The maximum atomic E-state index is 8.77. The molecule has 19 heavy (non-hydrogen) atoms. The Morgan fingerprint density at radius 2 is 2.16 bits per heavy atom. The average molecular weight is 273 g/mol. The number of nitrogens with zero attached hydrogens (tertiary/aromatic N) is 2. The lowest BCUT2D eigenvalue weighted by Gasteiger charge is -2.10. The second kappa shape index (κ2) is 6.32. The van der Waals surface area contributed by atoms with Crippen LogP contribution in [0.25, 0.3) is 11.3 Å².